The minimum absolute atomic E-state index is 0.309. The van der Waals surface area contributed by atoms with Crippen molar-refractivity contribution in [3.63, 3.8) is 0 Å². The third kappa shape index (κ3) is 3.58. The van der Waals surface area contributed by atoms with Crippen molar-refractivity contribution in [3.05, 3.63) is 63.6 Å². The number of anilines is 1. The second-order valence-corrected chi connectivity index (χ2v) is 5.17. The SMILES string of the molecule is Cc1cc(NCc2ccc(C(=O)O)cc2)ccc1Br. The molecule has 0 heterocycles. The van der Waals surface area contributed by atoms with E-state index < -0.39 is 5.97 Å². The first-order valence-corrected chi connectivity index (χ1v) is 6.68. The van der Waals surface area contributed by atoms with E-state index in [9.17, 15) is 4.79 Å². The molecule has 0 aliphatic carbocycles. The van der Waals surface area contributed by atoms with E-state index in [0.717, 1.165) is 15.7 Å². The Labute approximate surface area is 120 Å². The number of hydrogen-bond donors (Lipinski definition) is 2. The predicted octanol–water partition coefficient (Wildman–Crippen LogP) is 4.07. The van der Waals surface area contributed by atoms with Gasteiger partial charge in [-0.25, -0.2) is 4.79 Å². The van der Waals surface area contributed by atoms with Crippen molar-refractivity contribution in [1.29, 1.82) is 0 Å². The topological polar surface area (TPSA) is 49.3 Å². The van der Waals surface area contributed by atoms with E-state index in [1.165, 1.54) is 5.56 Å². The van der Waals surface area contributed by atoms with E-state index in [-0.39, 0.29) is 0 Å². The molecule has 0 saturated heterocycles. The van der Waals surface area contributed by atoms with Crippen LogP contribution in [0, 0.1) is 6.92 Å². The Morgan fingerprint density at radius 1 is 1.21 bits per heavy atom. The Kier molecular flexibility index (Phi) is 4.22. The van der Waals surface area contributed by atoms with Crippen molar-refractivity contribution in [2.24, 2.45) is 0 Å². The average molecular weight is 320 g/mol. The second kappa shape index (κ2) is 5.89. The molecule has 0 aliphatic rings. The molecule has 19 heavy (non-hydrogen) atoms. The zero-order valence-corrected chi connectivity index (χ0v) is 12.1. The van der Waals surface area contributed by atoms with Gasteiger partial charge in [-0.1, -0.05) is 28.1 Å². The first-order chi connectivity index (χ1) is 9.06. The Bertz CT molecular complexity index is 594. The molecule has 2 aromatic rings. The maximum absolute atomic E-state index is 10.7. The summed E-state index contributed by atoms with van der Waals surface area (Å²) in [6, 6.07) is 13.0. The molecule has 0 atom stereocenters. The van der Waals surface area contributed by atoms with Gasteiger partial charge in [0, 0.05) is 16.7 Å². The maximum atomic E-state index is 10.7. The number of carboxylic acids is 1. The van der Waals surface area contributed by atoms with Crippen LogP contribution >= 0.6 is 15.9 Å². The van der Waals surface area contributed by atoms with E-state index in [2.05, 4.69) is 27.3 Å². The van der Waals surface area contributed by atoms with Gasteiger partial charge < -0.3 is 10.4 Å². The predicted molar refractivity (Wildman–Crippen MR) is 79.6 cm³/mol. The highest BCUT2D eigenvalue weighted by Gasteiger charge is 2.02. The fraction of sp³-hybridized carbons (Fsp3) is 0.133. The third-order valence-electron chi connectivity index (χ3n) is 2.86. The standard InChI is InChI=1S/C15H14BrNO2/c1-10-8-13(6-7-14(10)16)17-9-11-2-4-12(5-3-11)15(18)19/h2-8,17H,9H2,1H3,(H,18,19). The smallest absolute Gasteiger partial charge is 0.335 e. The van der Waals surface area contributed by atoms with Gasteiger partial charge in [0.15, 0.2) is 0 Å². The van der Waals surface area contributed by atoms with Crippen LogP contribution in [0.4, 0.5) is 5.69 Å². The van der Waals surface area contributed by atoms with Gasteiger partial charge in [-0.3, -0.25) is 0 Å². The summed E-state index contributed by atoms with van der Waals surface area (Å²) in [4.78, 5) is 10.7. The van der Waals surface area contributed by atoms with Gasteiger partial charge in [0.1, 0.15) is 0 Å². The zero-order chi connectivity index (χ0) is 13.8. The van der Waals surface area contributed by atoms with Gasteiger partial charge in [0.2, 0.25) is 0 Å². The van der Waals surface area contributed by atoms with Crippen LogP contribution in [0.25, 0.3) is 0 Å². The zero-order valence-electron chi connectivity index (χ0n) is 10.5. The van der Waals surface area contributed by atoms with Gasteiger partial charge in [0.25, 0.3) is 0 Å². The number of aromatic carboxylic acids is 1. The summed E-state index contributed by atoms with van der Waals surface area (Å²) in [6.07, 6.45) is 0. The molecule has 3 nitrogen and oxygen atoms in total. The van der Waals surface area contributed by atoms with Crippen molar-refractivity contribution in [1.82, 2.24) is 0 Å². The number of aryl methyl sites for hydroxylation is 1. The summed E-state index contributed by atoms with van der Waals surface area (Å²) in [5.74, 6) is -0.900. The van der Waals surface area contributed by atoms with E-state index in [0.29, 0.717) is 12.1 Å². The molecule has 0 radical (unpaired) electrons. The van der Waals surface area contributed by atoms with Crippen molar-refractivity contribution in [2.45, 2.75) is 13.5 Å². The Morgan fingerprint density at radius 3 is 2.47 bits per heavy atom. The van der Waals surface area contributed by atoms with Crippen LogP contribution in [0.1, 0.15) is 21.5 Å². The molecule has 98 valence electrons. The quantitative estimate of drug-likeness (QED) is 0.893. The Hall–Kier alpha value is -1.81. The number of benzene rings is 2. The Balaban J connectivity index is 2.01. The summed E-state index contributed by atoms with van der Waals surface area (Å²) in [7, 11) is 0. The highest BCUT2D eigenvalue weighted by atomic mass is 79.9. The largest absolute Gasteiger partial charge is 0.478 e. The highest BCUT2D eigenvalue weighted by molar-refractivity contribution is 9.10. The summed E-state index contributed by atoms with van der Waals surface area (Å²) >= 11 is 3.46. The molecule has 0 aliphatic heterocycles. The number of nitrogens with one attached hydrogen (secondary N) is 1. The summed E-state index contributed by atoms with van der Waals surface area (Å²) in [6.45, 7) is 2.71. The lowest BCUT2D eigenvalue weighted by Crippen LogP contribution is -2.01. The fourth-order valence-corrected chi connectivity index (χ4v) is 1.97. The molecule has 2 N–H and O–H groups in total. The van der Waals surface area contributed by atoms with Crippen LogP contribution in [0.15, 0.2) is 46.9 Å². The molecular weight excluding hydrogens is 306 g/mol. The van der Waals surface area contributed by atoms with Crippen LogP contribution in [0.5, 0.6) is 0 Å². The van der Waals surface area contributed by atoms with Gasteiger partial charge in [-0.2, -0.15) is 0 Å². The van der Waals surface area contributed by atoms with Gasteiger partial charge in [-0.05, 0) is 48.4 Å². The van der Waals surface area contributed by atoms with Gasteiger partial charge in [-0.15, -0.1) is 0 Å². The monoisotopic (exact) mass is 319 g/mol. The molecule has 4 heteroatoms. The Morgan fingerprint density at radius 2 is 1.89 bits per heavy atom. The molecule has 2 rings (SSSR count). The minimum atomic E-state index is -0.900. The molecule has 0 saturated carbocycles. The molecule has 0 amide bonds. The average Bonchev–Trinajstić information content (AvgIpc) is 2.40. The molecule has 0 spiro atoms. The van der Waals surface area contributed by atoms with Crippen molar-refractivity contribution in [2.75, 3.05) is 5.32 Å². The number of halogens is 1. The lowest BCUT2D eigenvalue weighted by atomic mass is 10.1. The van der Waals surface area contributed by atoms with E-state index >= 15 is 0 Å². The highest BCUT2D eigenvalue weighted by Crippen LogP contribution is 2.20. The molecule has 0 bridgehead atoms. The third-order valence-corrected chi connectivity index (χ3v) is 3.75. The van der Waals surface area contributed by atoms with Crippen LogP contribution in [-0.2, 0) is 6.54 Å². The summed E-state index contributed by atoms with van der Waals surface area (Å²) < 4.78 is 1.09. The van der Waals surface area contributed by atoms with Crippen molar-refractivity contribution in [3.8, 4) is 0 Å². The molecule has 2 aromatic carbocycles. The van der Waals surface area contributed by atoms with E-state index in [1.54, 1.807) is 12.1 Å². The van der Waals surface area contributed by atoms with Gasteiger partial charge in [0.05, 0.1) is 5.56 Å². The lowest BCUT2D eigenvalue weighted by Gasteiger charge is -2.08. The number of carboxylic acid groups (broad SMARTS) is 1. The summed E-state index contributed by atoms with van der Waals surface area (Å²) in [5.41, 5.74) is 3.57. The van der Waals surface area contributed by atoms with Crippen molar-refractivity contribution >= 4 is 27.6 Å². The molecular formula is C15H14BrNO2. The maximum Gasteiger partial charge on any atom is 0.335 e. The van der Waals surface area contributed by atoms with Crippen LogP contribution in [0.2, 0.25) is 0 Å². The lowest BCUT2D eigenvalue weighted by molar-refractivity contribution is 0.0697. The fourth-order valence-electron chi connectivity index (χ4n) is 1.72. The van der Waals surface area contributed by atoms with Crippen LogP contribution in [-0.4, -0.2) is 11.1 Å². The van der Waals surface area contributed by atoms with Crippen molar-refractivity contribution < 1.29 is 9.90 Å². The van der Waals surface area contributed by atoms with Crippen LogP contribution in [0.3, 0.4) is 0 Å². The number of carbonyl (C=O) groups is 1. The summed E-state index contributed by atoms with van der Waals surface area (Å²) in [5, 5.41) is 12.1. The number of rotatable bonds is 4. The van der Waals surface area contributed by atoms with Crippen LogP contribution < -0.4 is 5.32 Å². The molecule has 0 aromatic heterocycles. The first kappa shape index (κ1) is 13.6. The second-order valence-electron chi connectivity index (χ2n) is 4.32. The van der Waals surface area contributed by atoms with E-state index in [4.69, 9.17) is 5.11 Å². The normalized spacial score (nSPS) is 10.2. The molecule has 0 unspecified atom stereocenters. The van der Waals surface area contributed by atoms with Gasteiger partial charge >= 0.3 is 5.97 Å². The molecule has 0 fully saturated rings. The first-order valence-electron chi connectivity index (χ1n) is 5.88. The van der Waals surface area contributed by atoms with E-state index in [1.807, 2.05) is 31.2 Å². The minimum Gasteiger partial charge on any atom is -0.478 e. The number of hydrogen-bond acceptors (Lipinski definition) is 2.